The fraction of sp³-hybridized carbons (Fsp3) is 0.133. The van der Waals surface area contributed by atoms with Gasteiger partial charge in [-0.05, 0) is 42.8 Å². The molecule has 0 saturated heterocycles. The van der Waals surface area contributed by atoms with Gasteiger partial charge in [-0.3, -0.25) is 9.78 Å². The summed E-state index contributed by atoms with van der Waals surface area (Å²) in [5.41, 5.74) is 1.86. The number of nitrogens with one attached hydrogen (secondary N) is 1. The van der Waals surface area contributed by atoms with Crippen LogP contribution in [0.1, 0.15) is 16.1 Å². The number of ether oxygens (including phenoxy) is 1. The molecule has 1 N–H and O–H groups in total. The molecule has 0 atom stereocenters. The smallest absolute Gasteiger partial charge is 0.274 e. The van der Waals surface area contributed by atoms with Crippen LogP contribution in [0.15, 0.2) is 42.6 Å². The van der Waals surface area contributed by atoms with E-state index in [1.165, 1.54) is 0 Å². The topological polar surface area (TPSA) is 75.0 Å². The molecule has 0 spiro atoms. The monoisotopic (exact) mass is 267 g/mol. The Hall–Kier alpha value is -2.87. The van der Waals surface area contributed by atoms with Gasteiger partial charge in [0, 0.05) is 11.9 Å². The van der Waals surface area contributed by atoms with Crippen LogP contribution in [0, 0.1) is 18.3 Å². The molecule has 0 bridgehead atoms. The highest BCUT2D eigenvalue weighted by atomic mass is 16.5. The molecule has 0 radical (unpaired) electrons. The van der Waals surface area contributed by atoms with Crippen molar-refractivity contribution in [2.24, 2.45) is 0 Å². The highest BCUT2D eigenvalue weighted by Crippen LogP contribution is 2.16. The number of rotatable bonds is 4. The lowest BCUT2D eigenvalue weighted by Gasteiger charge is -2.07. The van der Waals surface area contributed by atoms with Crippen molar-refractivity contribution in [2.75, 3.05) is 11.9 Å². The van der Waals surface area contributed by atoms with E-state index in [0.29, 0.717) is 17.1 Å². The molecule has 0 unspecified atom stereocenters. The number of nitriles is 1. The van der Waals surface area contributed by atoms with Gasteiger partial charge < -0.3 is 10.1 Å². The maximum absolute atomic E-state index is 12.0. The summed E-state index contributed by atoms with van der Waals surface area (Å²) >= 11 is 0. The summed E-state index contributed by atoms with van der Waals surface area (Å²) in [6.07, 6.45) is 1.58. The maximum Gasteiger partial charge on any atom is 0.274 e. The van der Waals surface area contributed by atoms with Gasteiger partial charge in [0.15, 0.2) is 6.61 Å². The summed E-state index contributed by atoms with van der Waals surface area (Å²) in [6, 6.07) is 12.3. The standard InChI is InChI=1S/C15H13N3O2/c1-11-3-2-9-17-14(11)15(19)18-12-4-6-13(7-5-12)20-10-8-16/h2-7,9H,10H2,1H3,(H,18,19). The van der Waals surface area contributed by atoms with Gasteiger partial charge in [0.05, 0.1) is 0 Å². The van der Waals surface area contributed by atoms with Crippen molar-refractivity contribution in [3.63, 3.8) is 0 Å². The average molecular weight is 267 g/mol. The van der Waals surface area contributed by atoms with Crippen molar-refractivity contribution < 1.29 is 9.53 Å². The third-order valence-electron chi connectivity index (χ3n) is 2.64. The van der Waals surface area contributed by atoms with Crippen molar-refractivity contribution in [3.8, 4) is 11.8 Å². The van der Waals surface area contributed by atoms with Crippen LogP contribution in [0.2, 0.25) is 0 Å². The molecule has 0 aliphatic carbocycles. The first-order valence-corrected chi connectivity index (χ1v) is 6.03. The average Bonchev–Trinajstić information content (AvgIpc) is 2.47. The molecule has 0 aliphatic rings. The Morgan fingerprint density at radius 1 is 1.35 bits per heavy atom. The predicted molar refractivity (Wildman–Crippen MR) is 74.5 cm³/mol. The minimum Gasteiger partial charge on any atom is -0.479 e. The largest absolute Gasteiger partial charge is 0.479 e. The highest BCUT2D eigenvalue weighted by molar-refractivity contribution is 6.03. The fourth-order valence-corrected chi connectivity index (χ4v) is 1.66. The van der Waals surface area contributed by atoms with E-state index in [1.54, 1.807) is 36.5 Å². The molecule has 5 heteroatoms. The number of aromatic nitrogens is 1. The fourth-order valence-electron chi connectivity index (χ4n) is 1.66. The first-order chi connectivity index (χ1) is 9.70. The number of hydrogen-bond donors (Lipinski definition) is 1. The van der Waals surface area contributed by atoms with Gasteiger partial charge in [0.1, 0.15) is 17.5 Å². The highest BCUT2D eigenvalue weighted by Gasteiger charge is 2.10. The molecule has 5 nitrogen and oxygen atoms in total. The molecule has 2 aromatic rings. The van der Waals surface area contributed by atoms with Crippen LogP contribution in [-0.4, -0.2) is 17.5 Å². The van der Waals surface area contributed by atoms with Crippen LogP contribution in [0.3, 0.4) is 0 Å². The van der Waals surface area contributed by atoms with E-state index in [-0.39, 0.29) is 12.5 Å². The van der Waals surface area contributed by atoms with Crippen molar-refractivity contribution in [1.29, 1.82) is 5.26 Å². The Labute approximate surface area is 116 Å². The Morgan fingerprint density at radius 2 is 2.10 bits per heavy atom. The molecule has 100 valence electrons. The minimum atomic E-state index is -0.256. The molecule has 0 fully saturated rings. The molecular formula is C15H13N3O2. The number of amides is 1. The van der Waals surface area contributed by atoms with Gasteiger partial charge in [0.2, 0.25) is 0 Å². The normalized spacial score (nSPS) is 9.60. The molecular weight excluding hydrogens is 254 g/mol. The minimum absolute atomic E-state index is 0.00115. The first-order valence-electron chi connectivity index (χ1n) is 6.03. The number of carbonyl (C=O) groups excluding carboxylic acids is 1. The van der Waals surface area contributed by atoms with Crippen molar-refractivity contribution in [2.45, 2.75) is 6.92 Å². The quantitative estimate of drug-likeness (QED) is 0.923. The first kappa shape index (κ1) is 13.6. The maximum atomic E-state index is 12.0. The van der Waals surface area contributed by atoms with E-state index < -0.39 is 0 Å². The Kier molecular flexibility index (Phi) is 4.30. The zero-order valence-corrected chi connectivity index (χ0v) is 11.0. The van der Waals surface area contributed by atoms with Gasteiger partial charge >= 0.3 is 0 Å². The number of hydrogen-bond acceptors (Lipinski definition) is 4. The van der Waals surface area contributed by atoms with E-state index >= 15 is 0 Å². The Bertz CT molecular complexity index is 645. The second kappa shape index (κ2) is 6.34. The number of anilines is 1. The molecule has 20 heavy (non-hydrogen) atoms. The number of nitrogens with zero attached hydrogens (tertiary/aromatic N) is 2. The summed E-state index contributed by atoms with van der Waals surface area (Å²) < 4.78 is 5.13. The third kappa shape index (κ3) is 3.33. The second-order valence-electron chi connectivity index (χ2n) is 4.09. The second-order valence-corrected chi connectivity index (χ2v) is 4.09. The van der Waals surface area contributed by atoms with Crippen LogP contribution in [-0.2, 0) is 0 Å². The van der Waals surface area contributed by atoms with Crippen LogP contribution in [0.4, 0.5) is 5.69 Å². The third-order valence-corrected chi connectivity index (χ3v) is 2.64. The van der Waals surface area contributed by atoms with Crippen molar-refractivity contribution >= 4 is 11.6 Å². The summed E-state index contributed by atoms with van der Waals surface area (Å²) in [5, 5.41) is 11.2. The van der Waals surface area contributed by atoms with E-state index in [2.05, 4.69) is 10.3 Å². The van der Waals surface area contributed by atoms with Crippen LogP contribution < -0.4 is 10.1 Å². The summed E-state index contributed by atoms with van der Waals surface area (Å²) in [4.78, 5) is 16.1. The molecule has 1 aromatic heterocycles. The van der Waals surface area contributed by atoms with Gasteiger partial charge in [-0.1, -0.05) is 6.07 Å². The lowest BCUT2D eigenvalue weighted by Crippen LogP contribution is -2.14. The van der Waals surface area contributed by atoms with E-state index in [4.69, 9.17) is 10.00 Å². The van der Waals surface area contributed by atoms with Crippen molar-refractivity contribution in [3.05, 3.63) is 53.9 Å². The van der Waals surface area contributed by atoms with Crippen LogP contribution in [0.25, 0.3) is 0 Å². The number of benzene rings is 1. The number of carbonyl (C=O) groups is 1. The van der Waals surface area contributed by atoms with E-state index in [1.807, 2.05) is 19.1 Å². The van der Waals surface area contributed by atoms with E-state index in [0.717, 1.165) is 5.56 Å². The molecule has 1 heterocycles. The number of pyridine rings is 1. The van der Waals surface area contributed by atoms with Gasteiger partial charge in [0.25, 0.3) is 5.91 Å². The lowest BCUT2D eigenvalue weighted by atomic mass is 10.2. The molecule has 1 aromatic carbocycles. The van der Waals surface area contributed by atoms with E-state index in [9.17, 15) is 4.79 Å². The Balaban J connectivity index is 2.05. The zero-order valence-electron chi connectivity index (χ0n) is 11.0. The van der Waals surface area contributed by atoms with Gasteiger partial charge in [-0.15, -0.1) is 0 Å². The Morgan fingerprint density at radius 3 is 2.75 bits per heavy atom. The zero-order chi connectivity index (χ0) is 14.4. The summed E-state index contributed by atoms with van der Waals surface area (Å²) in [5.74, 6) is 0.326. The van der Waals surface area contributed by atoms with Crippen LogP contribution >= 0.6 is 0 Å². The van der Waals surface area contributed by atoms with Gasteiger partial charge in [-0.25, -0.2) is 0 Å². The van der Waals surface area contributed by atoms with Crippen LogP contribution in [0.5, 0.6) is 5.75 Å². The summed E-state index contributed by atoms with van der Waals surface area (Å²) in [7, 11) is 0. The predicted octanol–water partition coefficient (Wildman–Crippen LogP) is 2.54. The molecule has 0 saturated carbocycles. The SMILES string of the molecule is Cc1cccnc1C(=O)Nc1ccc(OCC#N)cc1. The number of aryl methyl sites for hydroxylation is 1. The van der Waals surface area contributed by atoms with Gasteiger partial charge in [-0.2, -0.15) is 5.26 Å². The molecule has 2 rings (SSSR count). The lowest BCUT2D eigenvalue weighted by molar-refractivity contribution is 0.102. The summed E-state index contributed by atoms with van der Waals surface area (Å²) in [6.45, 7) is 1.83. The molecule has 0 aliphatic heterocycles. The van der Waals surface area contributed by atoms with Crippen molar-refractivity contribution in [1.82, 2.24) is 4.98 Å². The molecule has 1 amide bonds.